The molecule has 0 saturated heterocycles. The monoisotopic (exact) mass is 409 g/mol. The average molecular weight is 410 g/mol. The summed E-state index contributed by atoms with van der Waals surface area (Å²) in [4.78, 5) is 11.7. The Labute approximate surface area is 160 Å². The molecule has 0 saturated carbocycles. The Morgan fingerprint density at radius 1 is 1.28 bits per heavy atom. The van der Waals surface area contributed by atoms with Crippen molar-refractivity contribution >= 4 is 32.8 Å². The van der Waals surface area contributed by atoms with Crippen molar-refractivity contribution in [1.82, 2.24) is 14.6 Å². The molecule has 0 aliphatic rings. The predicted octanol–water partition coefficient (Wildman–Crippen LogP) is 5.20. The fourth-order valence-corrected chi connectivity index (χ4v) is 3.68. The molecule has 0 radical (unpaired) electrons. The molecular formula is C19H32BrN5. The van der Waals surface area contributed by atoms with Crippen LogP contribution in [0, 0.1) is 6.92 Å². The maximum atomic E-state index is 6.03. The van der Waals surface area contributed by atoms with Gasteiger partial charge in [0.25, 0.3) is 0 Å². The number of allylic oxidation sites excluding steroid dienone is 1. The van der Waals surface area contributed by atoms with E-state index < -0.39 is 0 Å². The van der Waals surface area contributed by atoms with Gasteiger partial charge in [0.2, 0.25) is 0 Å². The molecule has 2 N–H and O–H groups in total. The molecule has 2 rings (SSSR count). The molecule has 0 aliphatic carbocycles. The van der Waals surface area contributed by atoms with Crippen LogP contribution in [-0.4, -0.2) is 27.2 Å². The topological polar surface area (TPSA) is 60.0 Å². The molecule has 0 aromatic carbocycles. The molecule has 0 unspecified atom stereocenters. The number of aryl methyl sites for hydroxylation is 1. The molecule has 140 valence electrons. The standard InChI is InChI=1S/C16H26BrN5.C3H6/c1-5-8-12(9-6-2)21(7-3)15-14-13(17)10-22(18)16(14)20-11(4)19-15;1-3-2/h10,12H,5-9,18H2,1-4H3;3H,1H2,2H3. The first-order valence-electron chi connectivity index (χ1n) is 9.08. The minimum absolute atomic E-state index is 0.505. The van der Waals surface area contributed by atoms with Crippen molar-refractivity contribution in [3.63, 3.8) is 0 Å². The van der Waals surface area contributed by atoms with E-state index in [2.05, 4.69) is 53.2 Å². The quantitative estimate of drug-likeness (QED) is 0.503. The molecule has 0 atom stereocenters. The van der Waals surface area contributed by atoms with E-state index in [1.165, 1.54) is 25.7 Å². The van der Waals surface area contributed by atoms with Crippen LogP contribution < -0.4 is 10.7 Å². The van der Waals surface area contributed by atoms with E-state index >= 15 is 0 Å². The minimum Gasteiger partial charge on any atom is -0.353 e. The number of hydrogen-bond donors (Lipinski definition) is 1. The lowest BCUT2D eigenvalue weighted by Crippen LogP contribution is -2.36. The molecule has 0 fully saturated rings. The van der Waals surface area contributed by atoms with Crippen molar-refractivity contribution in [2.45, 2.75) is 66.3 Å². The van der Waals surface area contributed by atoms with Gasteiger partial charge in [-0.15, -0.1) is 6.58 Å². The average Bonchev–Trinajstić information content (AvgIpc) is 2.83. The Hall–Kier alpha value is -1.56. The lowest BCUT2D eigenvalue weighted by atomic mass is 10.0. The number of aromatic nitrogens is 3. The number of halogens is 1. The van der Waals surface area contributed by atoms with Crippen LogP contribution in [0.2, 0.25) is 0 Å². The maximum absolute atomic E-state index is 6.03. The van der Waals surface area contributed by atoms with E-state index in [9.17, 15) is 0 Å². The Morgan fingerprint density at radius 2 is 1.84 bits per heavy atom. The van der Waals surface area contributed by atoms with E-state index in [1.807, 2.05) is 20.0 Å². The van der Waals surface area contributed by atoms with Crippen molar-refractivity contribution in [1.29, 1.82) is 0 Å². The van der Waals surface area contributed by atoms with E-state index in [4.69, 9.17) is 10.8 Å². The van der Waals surface area contributed by atoms with Gasteiger partial charge in [-0.05, 0) is 49.5 Å². The fourth-order valence-electron chi connectivity index (χ4n) is 3.10. The zero-order chi connectivity index (χ0) is 19.0. The zero-order valence-electron chi connectivity index (χ0n) is 16.2. The van der Waals surface area contributed by atoms with Gasteiger partial charge in [-0.25, -0.2) is 9.97 Å². The molecule has 0 aliphatic heterocycles. The molecular weight excluding hydrogens is 378 g/mol. The third-order valence-electron chi connectivity index (χ3n) is 4.02. The zero-order valence-corrected chi connectivity index (χ0v) is 17.8. The lowest BCUT2D eigenvalue weighted by Gasteiger charge is -2.32. The number of hydrogen-bond acceptors (Lipinski definition) is 4. The summed E-state index contributed by atoms with van der Waals surface area (Å²) in [6, 6.07) is 0.505. The summed E-state index contributed by atoms with van der Waals surface area (Å²) in [5, 5.41) is 1.01. The molecule has 0 bridgehead atoms. The van der Waals surface area contributed by atoms with Gasteiger partial charge >= 0.3 is 0 Å². The number of anilines is 1. The molecule has 0 amide bonds. The highest BCUT2D eigenvalue weighted by atomic mass is 79.9. The molecule has 0 spiro atoms. The van der Waals surface area contributed by atoms with Gasteiger partial charge in [0.1, 0.15) is 11.6 Å². The lowest BCUT2D eigenvalue weighted by molar-refractivity contribution is 0.507. The number of fused-ring (bicyclic) bond motifs is 1. The Kier molecular flexibility index (Phi) is 8.97. The summed E-state index contributed by atoms with van der Waals surface area (Å²) >= 11 is 3.61. The number of nitrogens with zero attached hydrogens (tertiary/aromatic N) is 4. The van der Waals surface area contributed by atoms with Crippen LogP contribution in [0.25, 0.3) is 11.0 Å². The SMILES string of the molecule is C=CC.CCCC(CCC)N(CC)c1nc(C)nc2c1c(Br)cn2N. The van der Waals surface area contributed by atoms with Gasteiger partial charge in [-0.3, -0.25) is 4.68 Å². The van der Waals surface area contributed by atoms with E-state index in [0.29, 0.717) is 6.04 Å². The number of rotatable bonds is 7. The molecule has 2 heterocycles. The van der Waals surface area contributed by atoms with Crippen molar-refractivity contribution < 1.29 is 0 Å². The van der Waals surface area contributed by atoms with Gasteiger partial charge in [-0.2, -0.15) is 0 Å². The van der Waals surface area contributed by atoms with E-state index in [0.717, 1.165) is 33.7 Å². The van der Waals surface area contributed by atoms with Crippen molar-refractivity contribution in [3.05, 3.63) is 29.1 Å². The fraction of sp³-hybridized carbons (Fsp3) is 0.579. The van der Waals surface area contributed by atoms with Crippen molar-refractivity contribution in [2.75, 3.05) is 17.3 Å². The summed E-state index contributed by atoms with van der Waals surface area (Å²) < 4.78 is 2.52. The van der Waals surface area contributed by atoms with Crippen LogP contribution in [0.3, 0.4) is 0 Å². The van der Waals surface area contributed by atoms with Gasteiger partial charge in [-0.1, -0.05) is 32.8 Å². The largest absolute Gasteiger partial charge is 0.353 e. The van der Waals surface area contributed by atoms with Gasteiger partial charge in [0, 0.05) is 18.8 Å². The molecule has 2 aromatic rings. The molecule has 25 heavy (non-hydrogen) atoms. The van der Waals surface area contributed by atoms with E-state index in [-0.39, 0.29) is 0 Å². The highest BCUT2D eigenvalue weighted by Gasteiger charge is 2.23. The summed E-state index contributed by atoms with van der Waals surface area (Å²) in [6.07, 6.45) is 8.30. The third kappa shape index (κ3) is 5.21. The van der Waals surface area contributed by atoms with Gasteiger partial charge in [0.05, 0.1) is 9.86 Å². The molecule has 2 aromatic heterocycles. The summed E-state index contributed by atoms with van der Waals surface area (Å²) in [6.45, 7) is 14.8. The van der Waals surface area contributed by atoms with Crippen LogP contribution in [0.1, 0.15) is 59.2 Å². The number of nitrogen functional groups attached to an aromatic ring is 1. The summed E-state index contributed by atoms with van der Waals surface area (Å²) in [5.74, 6) is 7.78. The van der Waals surface area contributed by atoms with Crippen LogP contribution in [-0.2, 0) is 0 Å². The van der Waals surface area contributed by atoms with Crippen LogP contribution in [0.4, 0.5) is 5.82 Å². The van der Waals surface area contributed by atoms with Crippen molar-refractivity contribution in [2.24, 2.45) is 0 Å². The maximum Gasteiger partial charge on any atom is 0.165 e. The molecule has 5 nitrogen and oxygen atoms in total. The van der Waals surface area contributed by atoms with Crippen LogP contribution in [0.15, 0.2) is 23.3 Å². The van der Waals surface area contributed by atoms with Gasteiger partial charge < -0.3 is 10.7 Å². The summed E-state index contributed by atoms with van der Waals surface area (Å²) in [7, 11) is 0. The van der Waals surface area contributed by atoms with Crippen LogP contribution in [0.5, 0.6) is 0 Å². The smallest absolute Gasteiger partial charge is 0.165 e. The highest BCUT2D eigenvalue weighted by molar-refractivity contribution is 9.10. The number of nitrogens with two attached hydrogens (primary N) is 1. The second-order valence-electron chi connectivity index (χ2n) is 6.10. The van der Waals surface area contributed by atoms with Crippen LogP contribution >= 0.6 is 15.9 Å². The first-order valence-corrected chi connectivity index (χ1v) is 9.88. The Balaban J connectivity index is 0.000000970. The van der Waals surface area contributed by atoms with Crippen molar-refractivity contribution in [3.8, 4) is 0 Å². The molecule has 6 heteroatoms. The second-order valence-corrected chi connectivity index (χ2v) is 6.96. The Morgan fingerprint density at radius 3 is 2.32 bits per heavy atom. The summed E-state index contributed by atoms with van der Waals surface area (Å²) in [5.41, 5.74) is 0.777. The third-order valence-corrected chi connectivity index (χ3v) is 4.62. The Bertz CT molecular complexity index is 674. The highest BCUT2D eigenvalue weighted by Crippen LogP contribution is 2.33. The second kappa shape index (κ2) is 10.4. The predicted molar refractivity (Wildman–Crippen MR) is 113 cm³/mol. The normalized spacial score (nSPS) is 10.7. The minimum atomic E-state index is 0.505. The van der Waals surface area contributed by atoms with E-state index in [1.54, 1.807) is 10.8 Å². The first kappa shape index (κ1) is 21.5. The first-order chi connectivity index (χ1) is 11.9. The van der Waals surface area contributed by atoms with Gasteiger partial charge in [0.15, 0.2) is 5.65 Å².